The Morgan fingerprint density at radius 3 is 2.63 bits per heavy atom. The van der Waals surface area contributed by atoms with Crippen molar-refractivity contribution in [2.45, 2.75) is 44.8 Å². The summed E-state index contributed by atoms with van der Waals surface area (Å²) in [6.45, 7) is 5.67. The number of nitrogens with zero attached hydrogens (tertiary/aromatic N) is 1. The Morgan fingerprint density at radius 2 is 2.05 bits per heavy atom. The van der Waals surface area contributed by atoms with Gasteiger partial charge in [-0.05, 0) is 38.5 Å². The van der Waals surface area contributed by atoms with E-state index in [9.17, 15) is 4.79 Å². The third kappa shape index (κ3) is 3.91. The zero-order chi connectivity index (χ0) is 13.7. The fraction of sp³-hybridized carbons (Fsp3) is 0.929. The van der Waals surface area contributed by atoms with Crippen LogP contribution < -0.4 is 5.73 Å². The van der Waals surface area contributed by atoms with Gasteiger partial charge in [0, 0.05) is 32.9 Å². The second kappa shape index (κ2) is 7.22. The number of hydrogen-bond donors (Lipinski definition) is 1. The van der Waals surface area contributed by atoms with E-state index in [0.717, 1.165) is 45.5 Å². The minimum absolute atomic E-state index is 0.0740. The van der Waals surface area contributed by atoms with Crippen LogP contribution in [0.25, 0.3) is 0 Å². The highest BCUT2D eigenvalue weighted by Gasteiger charge is 2.31. The number of hydrogen-bond acceptors (Lipinski definition) is 4. The summed E-state index contributed by atoms with van der Waals surface area (Å²) in [4.78, 5) is 14.3. The van der Waals surface area contributed by atoms with Gasteiger partial charge in [0.05, 0.1) is 12.1 Å². The molecule has 0 spiro atoms. The van der Waals surface area contributed by atoms with Gasteiger partial charge >= 0.3 is 0 Å². The van der Waals surface area contributed by atoms with Gasteiger partial charge in [0.2, 0.25) is 5.91 Å². The lowest BCUT2D eigenvalue weighted by Crippen LogP contribution is -2.50. The Balaban J connectivity index is 1.86. The van der Waals surface area contributed by atoms with E-state index in [1.807, 2.05) is 11.8 Å². The van der Waals surface area contributed by atoms with Gasteiger partial charge in [-0.3, -0.25) is 4.79 Å². The molecule has 0 aromatic carbocycles. The largest absolute Gasteiger partial charge is 0.381 e. The molecule has 2 heterocycles. The SMILES string of the molecule is CCN(CC1CCCO1)C(=O)C(N)C1CCOCC1. The van der Waals surface area contributed by atoms with Crippen LogP contribution in [0.3, 0.4) is 0 Å². The summed E-state index contributed by atoms with van der Waals surface area (Å²) in [6, 6.07) is -0.384. The average Bonchev–Trinajstić information content (AvgIpc) is 2.97. The van der Waals surface area contributed by atoms with Crippen molar-refractivity contribution in [1.29, 1.82) is 0 Å². The van der Waals surface area contributed by atoms with Gasteiger partial charge in [-0.1, -0.05) is 0 Å². The minimum atomic E-state index is -0.384. The lowest BCUT2D eigenvalue weighted by molar-refractivity contribution is -0.136. The molecule has 110 valence electrons. The standard InChI is InChI=1S/C14H26N2O3/c1-2-16(10-12-4-3-7-19-12)14(17)13(15)11-5-8-18-9-6-11/h11-13H,2-10,15H2,1H3. The Kier molecular flexibility index (Phi) is 5.60. The van der Waals surface area contributed by atoms with E-state index in [1.165, 1.54) is 0 Å². The van der Waals surface area contributed by atoms with E-state index in [1.54, 1.807) is 0 Å². The van der Waals surface area contributed by atoms with Gasteiger partial charge in [-0.25, -0.2) is 0 Å². The van der Waals surface area contributed by atoms with E-state index in [-0.39, 0.29) is 24.0 Å². The van der Waals surface area contributed by atoms with E-state index in [2.05, 4.69) is 0 Å². The maximum atomic E-state index is 12.5. The number of ether oxygens (including phenoxy) is 2. The van der Waals surface area contributed by atoms with E-state index in [4.69, 9.17) is 15.2 Å². The van der Waals surface area contributed by atoms with E-state index in [0.29, 0.717) is 13.1 Å². The summed E-state index contributed by atoms with van der Waals surface area (Å²) in [5.74, 6) is 0.338. The lowest BCUT2D eigenvalue weighted by atomic mass is 9.91. The minimum Gasteiger partial charge on any atom is -0.381 e. The molecule has 0 bridgehead atoms. The molecular formula is C14H26N2O3. The molecule has 19 heavy (non-hydrogen) atoms. The summed E-state index contributed by atoms with van der Waals surface area (Å²) < 4.78 is 10.9. The van der Waals surface area contributed by atoms with Gasteiger partial charge in [-0.15, -0.1) is 0 Å². The summed E-state index contributed by atoms with van der Waals surface area (Å²) in [6.07, 6.45) is 4.14. The van der Waals surface area contributed by atoms with Crippen molar-refractivity contribution in [1.82, 2.24) is 4.90 Å². The number of carbonyl (C=O) groups excluding carboxylic acids is 1. The predicted octanol–water partition coefficient (Wildman–Crippen LogP) is 0.768. The average molecular weight is 270 g/mol. The summed E-state index contributed by atoms with van der Waals surface area (Å²) in [7, 11) is 0. The van der Waals surface area contributed by atoms with Crippen LogP contribution in [0.5, 0.6) is 0 Å². The zero-order valence-electron chi connectivity index (χ0n) is 11.8. The molecule has 2 unspecified atom stereocenters. The molecular weight excluding hydrogens is 244 g/mol. The molecule has 0 radical (unpaired) electrons. The Morgan fingerprint density at radius 1 is 1.32 bits per heavy atom. The molecule has 2 atom stereocenters. The van der Waals surface area contributed by atoms with Crippen molar-refractivity contribution < 1.29 is 14.3 Å². The Hall–Kier alpha value is -0.650. The fourth-order valence-corrected chi connectivity index (χ4v) is 2.90. The van der Waals surface area contributed by atoms with Gasteiger partial charge in [0.1, 0.15) is 0 Å². The van der Waals surface area contributed by atoms with Crippen LogP contribution in [0.4, 0.5) is 0 Å². The number of amides is 1. The van der Waals surface area contributed by atoms with Crippen LogP contribution in [0.15, 0.2) is 0 Å². The van der Waals surface area contributed by atoms with Gasteiger partial charge in [0.25, 0.3) is 0 Å². The third-order valence-corrected chi connectivity index (χ3v) is 4.20. The summed E-state index contributed by atoms with van der Waals surface area (Å²) in [5.41, 5.74) is 6.16. The first kappa shape index (κ1) is 14.8. The smallest absolute Gasteiger partial charge is 0.239 e. The maximum absolute atomic E-state index is 12.5. The number of rotatable bonds is 5. The van der Waals surface area contributed by atoms with Crippen LogP contribution >= 0.6 is 0 Å². The summed E-state index contributed by atoms with van der Waals surface area (Å²) >= 11 is 0. The molecule has 2 fully saturated rings. The Labute approximate surface area is 115 Å². The van der Waals surface area contributed by atoms with E-state index < -0.39 is 0 Å². The second-order valence-electron chi connectivity index (χ2n) is 5.49. The van der Waals surface area contributed by atoms with E-state index >= 15 is 0 Å². The quantitative estimate of drug-likeness (QED) is 0.801. The van der Waals surface area contributed by atoms with Crippen LogP contribution in [0.1, 0.15) is 32.6 Å². The van der Waals surface area contributed by atoms with Crippen LogP contribution in [-0.2, 0) is 14.3 Å². The molecule has 0 aliphatic carbocycles. The highest BCUT2D eigenvalue weighted by Crippen LogP contribution is 2.20. The van der Waals surface area contributed by atoms with Crippen molar-refractivity contribution >= 4 is 5.91 Å². The summed E-state index contributed by atoms with van der Waals surface area (Å²) in [5, 5.41) is 0. The van der Waals surface area contributed by atoms with Crippen molar-refractivity contribution in [3.8, 4) is 0 Å². The number of nitrogens with two attached hydrogens (primary N) is 1. The van der Waals surface area contributed by atoms with Gasteiger partial charge < -0.3 is 20.1 Å². The first-order valence-corrected chi connectivity index (χ1v) is 7.46. The number of likely N-dealkylation sites (N-methyl/N-ethyl adjacent to an activating group) is 1. The third-order valence-electron chi connectivity index (χ3n) is 4.20. The topological polar surface area (TPSA) is 64.8 Å². The molecule has 2 saturated heterocycles. The monoisotopic (exact) mass is 270 g/mol. The van der Waals surface area contributed by atoms with Crippen LogP contribution in [0, 0.1) is 5.92 Å². The molecule has 0 aromatic heterocycles. The molecule has 0 saturated carbocycles. The van der Waals surface area contributed by atoms with Crippen molar-refractivity contribution in [2.24, 2.45) is 11.7 Å². The molecule has 2 aliphatic heterocycles. The zero-order valence-corrected chi connectivity index (χ0v) is 11.8. The van der Waals surface area contributed by atoms with Crippen LogP contribution in [0.2, 0.25) is 0 Å². The van der Waals surface area contributed by atoms with Crippen LogP contribution in [-0.4, -0.2) is 55.9 Å². The molecule has 5 nitrogen and oxygen atoms in total. The Bertz CT molecular complexity index is 286. The second-order valence-corrected chi connectivity index (χ2v) is 5.49. The molecule has 2 N–H and O–H groups in total. The highest BCUT2D eigenvalue weighted by molar-refractivity contribution is 5.82. The van der Waals surface area contributed by atoms with Crippen molar-refractivity contribution in [2.75, 3.05) is 32.9 Å². The fourth-order valence-electron chi connectivity index (χ4n) is 2.90. The first-order chi connectivity index (χ1) is 9.22. The normalized spacial score (nSPS) is 26.3. The van der Waals surface area contributed by atoms with Crippen molar-refractivity contribution in [3.05, 3.63) is 0 Å². The molecule has 2 rings (SSSR count). The highest BCUT2D eigenvalue weighted by atomic mass is 16.5. The molecule has 5 heteroatoms. The lowest BCUT2D eigenvalue weighted by Gasteiger charge is -2.32. The first-order valence-electron chi connectivity index (χ1n) is 7.46. The number of carbonyl (C=O) groups is 1. The van der Waals surface area contributed by atoms with Crippen molar-refractivity contribution in [3.63, 3.8) is 0 Å². The molecule has 0 aromatic rings. The van der Waals surface area contributed by atoms with Gasteiger partial charge in [0.15, 0.2) is 0 Å². The maximum Gasteiger partial charge on any atom is 0.239 e. The predicted molar refractivity (Wildman–Crippen MR) is 72.7 cm³/mol. The molecule has 2 aliphatic rings. The van der Waals surface area contributed by atoms with Gasteiger partial charge in [-0.2, -0.15) is 0 Å². The molecule has 1 amide bonds.